The summed E-state index contributed by atoms with van der Waals surface area (Å²) in [4.78, 5) is 10.6. The number of hydrogen-bond donors (Lipinski definition) is 2. The Balaban J connectivity index is 1.71. The predicted molar refractivity (Wildman–Crippen MR) is 61.0 cm³/mol. The third kappa shape index (κ3) is 3.57. The second kappa shape index (κ2) is 5.84. The molecule has 1 atom stereocenters. The van der Waals surface area contributed by atoms with Gasteiger partial charge in [0.2, 0.25) is 0 Å². The number of hydrogen-bond acceptors (Lipinski definition) is 4. The van der Waals surface area contributed by atoms with Crippen molar-refractivity contribution in [1.29, 1.82) is 0 Å². The molecule has 94 valence electrons. The van der Waals surface area contributed by atoms with E-state index in [1.54, 1.807) is 0 Å². The molecule has 2 N–H and O–H groups in total. The summed E-state index contributed by atoms with van der Waals surface area (Å²) in [5.41, 5.74) is 0.190. The topological polar surface area (TPSA) is 71.7 Å². The fraction of sp³-hybridized carbons (Fsp3) is 0.583. The molecule has 0 amide bonds. The zero-order valence-electron chi connectivity index (χ0n) is 9.65. The summed E-state index contributed by atoms with van der Waals surface area (Å²) < 4.78 is 10.7. The van der Waals surface area contributed by atoms with Crippen molar-refractivity contribution in [2.45, 2.75) is 31.9 Å². The van der Waals surface area contributed by atoms with Gasteiger partial charge in [-0.25, -0.2) is 4.79 Å². The third-order valence-electron chi connectivity index (χ3n) is 2.85. The van der Waals surface area contributed by atoms with Gasteiger partial charge in [-0.3, -0.25) is 0 Å². The van der Waals surface area contributed by atoms with Crippen LogP contribution < -0.4 is 5.32 Å². The van der Waals surface area contributed by atoms with Crippen LogP contribution in [0.5, 0.6) is 0 Å². The number of carbonyl (C=O) groups is 1. The number of carboxylic acids is 1. The first kappa shape index (κ1) is 12.1. The Kier molecular flexibility index (Phi) is 4.17. The van der Waals surface area contributed by atoms with Crippen LogP contribution >= 0.6 is 0 Å². The minimum absolute atomic E-state index is 0.190. The Morgan fingerprint density at radius 3 is 3.06 bits per heavy atom. The molecule has 2 rings (SSSR count). The molecule has 5 heteroatoms. The molecule has 1 aliphatic rings. The average molecular weight is 239 g/mol. The summed E-state index contributed by atoms with van der Waals surface area (Å²) >= 11 is 0. The highest BCUT2D eigenvalue weighted by molar-refractivity contribution is 5.87. The Bertz CT molecular complexity index is 368. The molecule has 1 aromatic heterocycles. The van der Waals surface area contributed by atoms with Crippen molar-refractivity contribution >= 4 is 5.97 Å². The lowest BCUT2D eigenvalue weighted by atomic mass is 10.1. The lowest BCUT2D eigenvalue weighted by Crippen LogP contribution is -2.31. The summed E-state index contributed by atoms with van der Waals surface area (Å²) in [5.74, 6) is -0.325. The maximum atomic E-state index is 10.6. The van der Waals surface area contributed by atoms with Crippen LogP contribution in [0.1, 0.15) is 35.4 Å². The fourth-order valence-corrected chi connectivity index (χ4v) is 1.91. The highest BCUT2D eigenvalue weighted by atomic mass is 16.5. The molecule has 1 aromatic rings. The molecular formula is C12H17NO4. The molecule has 1 fully saturated rings. The number of rotatable bonds is 5. The van der Waals surface area contributed by atoms with E-state index in [1.807, 2.05) is 0 Å². The van der Waals surface area contributed by atoms with E-state index in [0.29, 0.717) is 12.3 Å². The van der Waals surface area contributed by atoms with Crippen LogP contribution in [-0.2, 0) is 11.3 Å². The van der Waals surface area contributed by atoms with Gasteiger partial charge in [-0.1, -0.05) is 0 Å². The van der Waals surface area contributed by atoms with Crippen molar-refractivity contribution < 1.29 is 19.1 Å². The average Bonchev–Trinajstić information content (AvgIpc) is 2.79. The van der Waals surface area contributed by atoms with Gasteiger partial charge in [-0.15, -0.1) is 0 Å². The van der Waals surface area contributed by atoms with Gasteiger partial charge < -0.3 is 19.6 Å². The van der Waals surface area contributed by atoms with Crippen LogP contribution in [0.25, 0.3) is 0 Å². The van der Waals surface area contributed by atoms with Crippen molar-refractivity contribution in [1.82, 2.24) is 5.32 Å². The van der Waals surface area contributed by atoms with E-state index in [0.717, 1.165) is 26.0 Å². The zero-order chi connectivity index (χ0) is 12.1. The number of ether oxygens (including phenoxy) is 1. The fourth-order valence-electron chi connectivity index (χ4n) is 1.91. The number of aromatic carboxylic acids is 1. The van der Waals surface area contributed by atoms with E-state index in [4.69, 9.17) is 14.3 Å². The Morgan fingerprint density at radius 2 is 2.41 bits per heavy atom. The third-order valence-corrected chi connectivity index (χ3v) is 2.85. The molecular weight excluding hydrogens is 222 g/mol. The Labute approximate surface area is 99.8 Å². The zero-order valence-corrected chi connectivity index (χ0v) is 9.65. The van der Waals surface area contributed by atoms with E-state index in [-0.39, 0.29) is 11.7 Å². The molecule has 0 radical (unpaired) electrons. The molecule has 0 saturated carbocycles. The smallest absolute Gasteiger partial charge is 0.338 e. The summed E-state index contributed by atoms with van der Waals surface area (Å²) in [6.07, 6.45) is 4.99. The molecule has 2 heterocycles. The summed E-state index contributed by atoms with van der Waals surface area (Å²) in [6, 6.07) is 1.54. The lowest BCUT2D eigenvalue weighted by molar-refractivity contribution is 0.0166. The van der Waals surface area contributed by atoms with Crippen LogP contribution in [0.3, 0.4) is 0 Å². The van der Waals surface area contributed by atoms with Crippen molar-refractivity contribution in [3.05, 3.63) is 23.7 Å². The molecule has 17 heavy (non-hydrogen) atoms. The molecule has 0 aliphatic carbocycles. The Morgan fingerprint density at radius 1 is 1.53 bits per heavy atom. The number of furan rings is 1. The number of carboxylic acid groups (broad SMARTS) is 1. The van der Waals surface area contributed by atoms with E-state index < -0.39 is 5.97 Å². The van der Waals surface area contributed by atoms with Gasteiger partial charge in [-0.2, -0.15) is 0 Å². The second-order valence-corrected chi connectivity index (χ2v) is 4.23. The van der Waals surface area contributed by atoms with E-state index in [1.165, 1.54) is 18.8 Å². The van der Waals surface area contributed by atoms with Crippen molar-refractivity contribution in [3.8, 4) is 0 Å². The van der Waals surface area contributed by atoms with Crippen molar-refractivity contribution in [2.75, 3.05) is 13.2 Å². The molecule has 1 unspecified atom stereocenters. The van der Waals surface area contributed by atoms with E-state index in [2.05, 4.69) is 5.32 Å². The monoisotopic (exact) mass is 239 g/mol. The van der Waals surface area contributed by atoms with E-state index in [9.17, 15) is 4.79 Å². The lowest BCUT2D eigenvalue weighted by Gasteiger charge is -2.22. The van der Waals surface area contributed by atoms with Crippen LogP contribution in [0.4, 0.5) is 0 Å². The molecule has 0 bridgehead atoms. The minimum atomic E-state index is -0.962. The van der Waals surface area contributed by atoms with Crippen LogP contribution in [0.15, 0.2) is 16.7 Å². The molecule has 5 nitrogen and oxygen atoms in total. The van der Waals surface area contributed by atoms with Gasteiger partial charge in [0.05, 0.1) is 18.2 Å². The summed E-state index contributed by atoms with van der Waals surface area (Å²) in [6.45, 7) is 2.16. The maximum Gasteiger partial charge on any atom is 0.338 e. The second-order valence-electron chi connectivity index (χ2n) is 4.23. The molecule has 1 saturated heterocycles. The molecule has 0 spiro atoms. The number of nitrogens with one attached hydrogen (secondary N) is 1. The van der Waals surface area contributed by atoms with Crippen LogP contribution in [0.2, 0.25) is 0 Å². The van der Waals surface area contributed by atoms with Crippen LogP contribution in [0, 0.1) is 0 Å². The van der Waals surface area contributed by atoms with Crippen molar-refractivity contribution in [3.63, 3.8) is 0 Å². The first-order valence-corrected chi connectivity index (χ1v) is 5.89. The van der Waals surface area contributed by atoms with Crippen LogP contribution in [-0.4, -0.2) is 30.3 Å². The SMILES string of the molecule is O=C(O)c1coc(CNCC2CCCCO2)c1. The summed E-state index contributed by atoms with van der Waals surface area (Å²) in [5, 5.41) is 11.9. The van der Waals surface area contributed by atoms with Gasteiger partial charge >= 0.3 is 5.97 Å². The van der Waals surface area contributed by atoms with Gasteiger partial charge in [0.1, 0.15) is 12.0 Å². The predicted octanol–water partition coefficient (Wildman–Crippen LogP) is 1.64. The normalized spacial score (nSPS) is 20.4. The molecule has 0 aromatic carbocycles. The van der Waals surface area contributed by atoms with Gasteiger partial charge in [0, 0.05) is 13.2 Å². The first-order valence-electron chi connectivity index (χ1n) is 5.89. The minimum Gasteiger partial charge on any atom is -0.478 e. The summed E-state index contributed by atoms with van der Waals surface area (Å²) in [7, 11) is 0. The first-order chi connectivity index (χ1) is 8.25. The highest BCUT2D eigenvalue weighted by Crippen LogP contribution is 2.12. The van der Waals surface area contributed by atoms with Gasteiger partial charge in [-0.05, 0) is 25.3 Å². The Hall–Kier alpha value is -1.33. The standard InChI is InChI=1S/C12H17NO4/c14-12(15)9-5-11(17-8-9)7-13-6-10-3-1-2-4-16-10/h5,8,10,13H,1-4,6-7H2,(H,14,15). The quantitative estimate of drug-likeness (QED) is 0.817. The van der Waals surface area contributed by atoms with Gasteiger partial charge in [0.25, 0.3) is 0 Å². The largest absolute Gasteiger partial charge is 0.478 e. The maximum absolute atomic E-state index is 10.6. The van der Waals surface area contributed by atoms with Crippen molar-refractivity contribution in [2.24, 2.45) is 0 Å². The van der Waals surface area contributed by atoms with Gasteiger partial charge in [0.15, 0.2) is 0 Å². The molecule has 1 aliphatic heterocycles. The van der Waals surface area contributed by atoms with E-state index >= 15 is 0 Å². The highest BCUT2D eigenvalue weighted by Gasteiger charge is 2.13.